The molecule has 108 valence electrons. The molecule has 0 aliphatic rings. The van der Waals surface area contributed by atoms with Crippen molar-refractivity contribution in [3.63, 3.8) is 0 Å². The zero-order valence-corrected chi connectivity index (χ0v) is 12.4. The molecule has 1 aromatic rings. The van der Waals surface area contributed by atoms with Crippen LogP contribution in [0, 0.1) is 5.82 Å². The third-order valence-electron chi connectivity index (χ3n) is 2.93. The Balaban J connectivity index is 0.000000711. The van der Waals surface area contributed by atoms with Gasteiger partial charge in [0.25, 0.3) is 0 Å². The largest absolute Gasteiger partial charge is 0.692 e. The maximum Gasteiger partial charge on any atom is 0.692 e. The van der Waals surface area contributed by atoms with Crippen LogP contribution in [-0.4, -0.2) is 16.4 Å². The first kappa shape index (κ1) is 18.1. The van der Waals surface area contributed by atoms with Crippen molar-refractivity contribution >= 4 is 8.25 Å². The number of hydrogen-bond donors (Lipinski definition) is 2. The number of ether oxygens (including phenoxy) is 1. The molecule has 19 heavy (non-hydrogen) atoms. The summed E-state index contributed by atoms with van der Waals surface area (Å²) < 4.78 is 27.4. The van der Waals surface area contributed by atoms with Crippen molar-refractivity contribution < 1.29 is 23.5 Å². The summed E-state index contributed by atoms with van der Waals surface area (Å²) in [6, 6.07) is 6.62. The van der Waals surface area contributed by atoms with E-state index in [1.807, 2.05) is 19.1 Å². The molecule has 2 N–H and O–H groups in total. The summed E-state index contributed by atoms with van der Waals surface area (Å²) in [5.41, 5.74) is 0.818. The molecule has 0 aliphatic carbocycles. The van der Waals surface area contributed by atoms with Gasteiger partial charge in [-0.2, -0.15) is 0 Å². The Morgan fingerprint density at radius 3 is 1.89 bits per heavy atom. The van der Waals surface area contributed by atoms with E-state index in [1.54, 1.807) is 0 Å². The van der Waals surface area contributed by atoms with E-state index in [1.165, 1.54) is 12.1 Å². The normalized spacial score (nSPS) is 10.6. The molecular weight excluding hydrogens is 270 g/mol. The van der Waals surface area contributed by atoms with E-state index < -0.39 is 8.25 Å². The van der Waals surface area contributed by atoms with E-state index in [9.17, 15) is 4.39 Å². The van der Waals surface area contributed by atoms with Gasteiger partial charge in [-0.05, 0) is 37.5 Å². The molecule has 0 bridgehead atoms. The molecule has 1 aromatic carbocycles. The topological polar surface area (TPSA) is 66.8 Å². The van der Waals surface area contributed by atoms with Crippen molar-refractivity contribution in [2.24, 2.45) is 0 Å². The molecule has 0 aliphatic heterocycles. The van der Waals surface area contributed by atoms with Crippen LogP contribution in [0.1, 0.15) is 39.2 Å². The van der Waals surface area contributed by atoms with E-state index in [0.29, 0.717) is 6.61 Å². The Morgan fingerprint density at radius 1 is 1.16 bits per heavy atom. The highest BCUT2D eigenvalue weighted by molar-refractivity contribution is 7.30. The number of halogens is 1. The van der Waals surface area contributed by atoms with Gasteiger partial charge in [0.2, 0.25) is 0 Å². The first-order chi connectivity index (χ1) is 8.91. The highest BCUT2D eigenvalue weighted by atomic mass is 31.1. The summed E-state index contributed by atoms with van der Waals surface area (Å²) in [5.74, 6) is -0.198. The van der Waals surface area contributed by atoms with Crippen LogP contribution in [0.25, 0.3) is 0 Å². The first-order valence-corrected chi connectivity index (χ1v) is 7.33. The van der Waals surface area contributed by atoms with Crippen molar-refractivity contribution in [3.8, 4) is 0 Å². The number of rotatable bonds is 5. The minimum atomic E-state index is -2.87. The molecule has 0 aromatic heterocycles. The van der Waals surface area contributed by atoms with Gasteiger partial charge in [-0.25, -0.2) is 4.39 Å². The molecule has 0 spiro atoms. The lowest BCUT2D eigenvalue weighted by atomic mass is 9.88. The average Bonchev–Trinajstić information content (AvgIpc) is 2.36. The summed E-state index contributed by atoms with van der Waals surface area (Å²) >= 11 is 0. The third kappa shape index (κ3) is 6.21. The highest BCUT2D eigenvalue weighted by Crippen LogP contribution is 2.32. The molecular formula is C13H21FO4P+. The molecule has 0 atom stereocenters. The van der Waals surface area contributed by atoms with E-state index in [2.05, 4.69) is 13.8 Å². The maximum absolute atomic E-state index is 12.8. The zero-order chi connectivity index (χ0) is 14.9. The maximum atomic E-state index is 12.8. The third-order valence-corrected chi connectivity index (χ3v) is 2.93. The summed E-state index contributed by atoms with van der Waals surface area (Å²) in [6.07, 6.45) is 1.81. The van der Waals surface area contributed by atoms with E-state index >= 15 is 0 Å². The van der Waals surface area contributed by atoms with Gasteiger partial charge in [-0.3, -0.25) is 0 Å². The fourth-order valence-corrected chi connectivity index (χ4v) is 1.98. The minimum absolute atomic E-state index is 0.198. The quantitative estimate of drug-likeness (QED) is 0.815. The second-order valence-corrected chi connectivity index (χ2v) is 4.40. The van der Waals surface area contributed by atoms with Crippen molar-refractivity contribution in [2.45, 2.75) is 39.2 Å². The lowest BCUT2D eigenvalue weighted by Gasteiger charge is -2.32. The zero-order valence-electron chi connectivity index (χ0n) is 11.5. The SMILES string of the molecule is CCOC(CC)(CC)c1ccc(F)cc1.O=[P+](O)O. The highest BCUT2D eigenvalue weighted by Gasteiger charge is 2.28. The average molecular weight is 291 g/mol. The van der Waals surface area contributed by atoms with E-state index in [4.69, 9.17) is 19.1 Å². The summed E-state index contributed by atoms with van der Waals surface area (Å²) in [7, 11) is -2.87. The van der Waals surface area contributed by atoms with Gasteiger partial charge in [0.15, 0.2) is 0 Å². The molecule has 0 unspecified atom stereocenters. The Hall–Kier alpha value is -0.870. The van der Waals surface area contributed by atoms with Crippen LogP contribution in [0.5, 0.6) is 0 Å². The fraction of sp³-hybridized carbons (Fsp3) is 0.538. The minimum Gasteiger partial charge on any atom is -0.371 e. The van der Waals surface area contributed by atoms with Crippen LogP contribution in [0.3, 0.4) is 0 Å². The molecule has 0 heterocycles. The monoisotopic (exact) mass is 291 g/mol. The van der Waals surface area contributed by atoms with Crippen molar-refractivity contribution in [3.05, 3.63) is 35.6 Å². The second kappa shape index (κ2) is 9.10. The lowest BCUT2D eigenvalue weighted by molar-refractivity contribution is -0.0505. The molecule has 0 fully saturated rings. The van der Waals surface area contributed by atoms with Gasteiger partial charge >= 0.3 is 8.25 Å². The number of hydrogen-bond acceptors (Lipinski definition) is 2. The molecule has 0 radical (unpaired) electrons. The number of benzene rings is 1. The molecule has 0 saturated carbocycles. The summed E-state index contributed by atoms with van der Waals surface area (Å²) in [4.78, 5) is 14.2. The smallest absolute Gasteiger partial charge is 0.371 e. The van der Waals surface area contributed by atoms with Crippen molar-refractivity contribution in [1.82, 2.24) is 0 Å². The van der Waals surface area contributed by atoms with Gasteiger partial charge in [0.05, 0.1) is 5.60 Å². The molecule has 4 nitrogen and oxygen atoms in total. The Morgan fingerprint density at radius 2 is 1.58 bits per heavy atom. The molecule has 1 rings (SSSR count). The lowest BCUT2D eigenvalue weighted by Crippen LogP contribution is -2.28. The van der Waals surface area contributed by atoms with Crippen LogP contribution < -0.4 is 0 Å². The van der Waals surface area contributed by atoms with Crippen LogP contribution in [-0.2, 0) is 14.9 Å². The summed E-state index contributed by atoms with van der Waals surface area (Å²) in [6.45, 7) is 6.87. The molecule has 6 heteroatoms. The van der Waals surface area contributed by atoms with Gasteiger partial charge in [0, 0.05) is 11.2 Å². The van der Waals surface area contributed by atoms with Gasteiger partial charge in [0.1, 0.15) is 5.82 Å². The predicted octanol–water partition coefficient (Wildman–Crippen LogP) is 3.51. The Labute approximate surface area is 114 Å². The fourth-order valence-electron chi connectivity index (χ4n) is 1.98. The second-order valence-electron chi connectivity index (χ2n) is 3.89. The Bertz CT molecular complexity index is 373. The van der Waals surface area contributed by atoms with E-state index in [0.717, 1.165) is 18.4 Å². The van der Waals surface area contributed by atoms with Crippen LogP contribution in [0.4, 0.5) is 4.39 Å². The standard InChI is InChI=1S/C13H19FO.HO3P/c1-4-13(5-2,15-6-3)11-7-9-12(14)10-8-11;1-4(2)3/h7-10H,4-6H2,1-3H3;(H-,1,2,3)/p+1. The van der Waals surface area contributed by atoms with Crippen molar-refractivity contribution in [2.75, 3.05) is 6.61 Å². The van der Waals surface area contributed by atoms with Gasteiger partial charge in [-0.1, -0.05) is 26.0 Å². The van der Waals surface area contributed by atoms with Crippen LogP contribution in [0.2, 0.25) is 0 Å². The predicted molar refractivity (Wildman–Crippen MR) is 72.3 cm³/mol. The molecule has 0 saturated heterocycles. The summed E-state index contributed by atoms with van der Waals surface area (Å²) in [5, 5.41) is 0. The van der Waals surface area contributed by atoms with Gasteiger partial charge < -0.3 is 4.74 Å². The first-order valence-electron chi connectivity index (χ1n) is 6.16. The van der Waals surface area contributed by atoms with Gasteiger partial charge in [-0.15, -0.1) is 9.79 Å². The van der Waals surface area contributed by atoms with Crippen LogP contribution >= 0.6 is 8.25 Å². The van der Waals surface area contributed by atoms with Crippen molar-refractivity contribution in [1.29, 1.82) is 0 Å². The van der Waals surface area contributed by atoms with Crippen LogP contribution in [0.15, 0.2) is 24.3 Å². The molecule has 0 amide bonds. The van der Waals surface area contributed by atoms with E-state index in [-0.39, 0.29) is 11.4 Å². The Kier molecular flexibility index (Phi) is 8.68.